The van der Waals surface area contributed by atoms with Crippen LogP contribution in [0.1, 0.15) is 6.92 Å². The second kappa shape index (κ2) is 12.8. The maximum Gasteiger partial charge on any atom is 0.402 e. The minimum atomic E-state index is -1.82. The maximum atomic E-state index is 10.7. The standard InChI is InChI=1S/C27H30O15.ClH/c1-9-19(32)21(34)23(36)26(39-9)38-8-18-20(33)22(35)24(37)27(42-18)41-17-7-12-14(30)5-11(28)6-16(12)40-25(17)10-2-3-13(29)15(31)4-10;/h2-7,9,18-24,26-27,32-37H,8H2,1H3,(H3-,28,29,30,31);1H. The molecular formula is C27H31ClO15. The van der Waals surface area contributed by atoms with Crippen LogP contribution in [-0.2, 0) is 14.2 Å². The van der Waals surface area contributed by atoms with Crippen LogP contribution in [0.3, 0.4) is 0 Å². The number of ether oxygens (including phenoxy) is 4. The highest BCUT2D eigenvalue weighted by Crippen LogP contribution is 2.42. The summed E-state index contributed by atoms with van der Waals surface area (Å²) in [5.41, 5.74) is 0.163. The molecule has 0 bridgehead atoms. The van der Waals surface area contributed by atoms with Gasteiger partial charge in [-0.15, -0.1) is 0 Å². The second-order valence-electron chi connectivity index (χ2n) is 10.2. The van der Waals surface area contributed by atoms with Crippen LogP contribution in [0.15, 0.2) is 40.8 Å². The van der Waals surface area contributed by atoms with E-state index in [0.29, 0.717) is 0 Å². The van der Waals surface area contributed by atoms with Gasteiger partial charge in [-0.1, -0.05) is 0 Å². The van der Waals surface area contributed by atoms with E-state index in [1.807, 2.05) is 0 Å². The molecule has 10 atom stereocenters. The molecule has 16 heteroatoms. The number of aliphatic hydroxyl groups is 6. The van der Waals surface area contributed by atoms with E-state index in [2.05, 4.69) is 0 Å². The molecule has 15 nitrogen and oxygen atoms in total. The Labute approximate surface area is 249 Å². The number of hydrogen-bond acceptors (Lipinski definition) is 14. The molecule has 10 unspecified atom stereocenters. The van der Waals surface area contributed by atoms with Crippen molar-refractivity contribution in [2.75, 3.05) is 6.61 Å². The monoisotopic (exact) mass is 630 g/mol. The molecule has 2 aliphatic heterocycles. The molecule has 3 aromatic rings. The van der Waals surface area contributed by atoms with E-state index in [0.717, 1.165) is 12.1 Å². The van der Waals surface area contributed by atoms with Gasteiger partial charge in [-0.25, -0.2) is 4.42 Å². The molecule has 43 heavy (non-hydrogen) atoms. The van der Waals surface area contributed by atoms with Crippen LogP contribution in [0.5, 0.6) is 28.7 Å². The van der Waals surface area contributed by atoms with Crippen molar-refractivity contribution in [3.8, 4) is 40.1 Å². The van der Waals surface area contributed by atoms with Crippen molar-refractivity contribution in [1.82, 2.24) is 0 Å². The van der Waals surface area contributed by atoms with Crippen molar-refractivity contribution in [3.63, 3.8) is 0 Å². The quantitative estimate of drug-likeness (QED) is 0.0927. The number of aromatic hydroxyl groups is 4. The first-order chi connectivity index (χ1) is 19.8. The summed E-state index contributed by atoms with van der Waals surface area (Å²) in [6.07, 6.45) is -15.3. The molecule has 10 N–H and O–H groups in total. The topological polar surface area (TPSA) is 251 Å². The van der Waals surface area contributed by atoms with Crippen LogP contribution in [0.25, 0.3) is 22.3 Å². The van der Waals surface area contributed by atoms with Gasteiger partial charge in [-0.3, -0.25) is 0 Å². The molecule has 0 radical (unpaired) electrons. The maximum absolute atomic E-state index is 10.7. The van der Waals surface area contributed by atoms with Crippen molar-refractivity contribution in [2.45, 2.75) is 68.3 Å². The first kappa shape index (κ1) is 32.7. The molecule has 3 heterocycles. The van der Waals surface area contributed by atoms with E-state index in [9.17, 15) is 51.1 Å². The lowest BCUT2D eigenvalue weighted by molar-refractivity contribution is -0.318. The lowest BCUT2D eigenvalue weighted by Gasteiger charge is -2.42. The molecule has 1 aromatic heterocycles. The van der Waals surface area contributed by atoms with Gasteiger partial charge in [0.1, 0.15) is 59.6 Å². The Morgan fingerprint density at radius 2 is 1.40 bits per heavy atom. The number of fused-ring (bicyclic) bond motifs is 1. The third-order valence-electron chi connectivity index (χ3n) is 7.20. The van der Waals surface area contributed by atoms with E-state index in [1.165, 1.54) is 31.2 Å². The summed E-state index contributed by atoms with van der Waals surface area (Å²) in [5, 5.41) is 102. The van der Waals surface area contributed by atoms with Gasteiger partial charge >= 0.3 is 11.3 Å². The number of phenolic OH excluding ortho intramolecular Hbond substituents is 4. The summed E-state index contributed by atoms with van der Waals surface area (Å²) in [5.74, 6) is -1.92. The fourth-order valence-electron chi connectivity index (χ4n) is 4.76. The van der Waals surface area contributed by atoms with Gasteiger partial charge in [-0.05, 0) is 19.1 Å². The molecule has 0 aliphatic carbocycles. The number of halogens is 1. The number of rotatable bonds is 6. The van der Waals surface area contributed by atoms with Crippen LogP contribution < -0.4 is 17.1 Å². The van der Waals surface area contributed by atoms with Crippen molar-refractivity contribution in [1.29, 1.82) is 0 Å². The van der Waals surface area contributed by atoms with Crippen molar-refractivity contribution in [2.24, 2.45) is 0 Å². The van der Waals surface area contributed by atoms with Gasteiger partial charge in [0.15, 0.2) is 17.8 Å². The van der Waals surface area contributed by atoms with Gasteiger partial charge in [0, 0.05) is 18.2 Å². The van der Waals surface area contributed by atoms with Gasteiger partial charge in [0.25, 0.3) is 0 Å². The zero-order valence-electron chi connectivity index (χ0n) is 22.3. The molecule has 5 rings (SSSR count). The molecular weight excluding hydrogens is 600 g/mol. The first-order valence-corrected chi connectivity index (χ1v) is 12.9. The van der Waals surface area contributed by atoms with E-state index in [1.54, 1.807) is 0 Å². The minimum absolute atomic E-state index is 0. The van der Waals surface area contributed by atoms with Gasteiger partial charge in [-0.2, -0.15) is 0 Å². The zero-order chi connectivity index (χ0) is 30.5. The average molecular weight is 631 g/mol. The lowest BCUT2D eigenvalue weighted by Crippen LogP contribution is -3.00. The van der Waals surface area contributed by atoms with E-state index < -0.39 is 85.3 Å². The number of aliphatic hydroxyl groups excluding tert-OH is 6. The van der Waals surface area contributed by atoms with Crippen LogP contribution in [0.2, 0.25) is 0 Å². The highest BCUT2D eigenvalue weighted by molar-refractivity contribution is 5.88. The van der Waals surface area contributed by atoms with E-state index in [4.69, 9.17) is 23.4 Å². The molecule has 0 saturated carbocycles. The summed E-state index contributed by atoms with van der Waals surface area (Å²) in [4.78, 5) is 0. The van der Waals surface area contributed by atoms with E-state index >= 15 is 0 Å². The molecule has 2 aliphatic rings. The molecule has 0 spiro atoms. The fraction of sp³-hybridized carbons (Fsp3) is 0.444. The summed E-state index contributed by atoms with van der Waals surface area (Å²) >= 11 is 0. The van der Waals surface area contributed by atoms with E-state index in [-0.39, 0.29) is 46.2 Å². The SMILES string of the molecule is CC1OC(OCC2OC(Oc3cc4c(O)cc(O)cc4[o+]c3-c3ccc(O)c(O)c3)C(O)C(O)C2O)C(O)C(O)C1O.[Cl-]. The molecule has 2 fully saturated rings. The Kier molecular flexibility index (Phi) is 9.72. The lowest BCUT2D eigenvalue weighted by atomic mass is 9.98. The largest absolute Gasteiger partial charge is 1.00 e. The molecule has 236 valence electrons. The molecule has 2 saturated heterocycles. The first-order valence-electron chi connectivity index (χ1n) is 12.9. The Hall–Kier alpha value is -3.22. The highest BCUT2D eigenvalue weighted by Gasteiger charge is 2.48. The molecule has 2 aromatic carbocycles. The predicted molar refractivity (Wildman–Crippen MR) is 138 cm³/mol. The third-order valence-corrected chi connectivity index (χ3v) is 7.20. The van der Waals surface area contributed by atoms with Crippen molar-refractivity contribution < 1.29 is 86.8 Å². The van der Waals surface area contributed by atoms with Gasteiger partial charge in [0.2, 0.25) is 12.0 Å². The van der Waals surface area contributed by atoms with Crippen LogP contribution in [0, 0.1) is 0 Å². The number of benzene rings is 2. The Balaban J connectivity index is 0.00000423. The minimum Gasteiger partial charge on any atom is -1.00 e. The smallest absolute Gasteiger partial charge is 0.402 e. The summed E-state index contributed by atoms with van der Waals surface area (Å²) < 4.78 is 28.3. The summed E-state index contributed by atoms with van der Waals surface area (Å²) in [6.45, 7) is 0.925. The Morgan fingerprint density at radius 1 is 0.721 bits per heavy atom. The van der Waals surface area contributed by atoms with Gasteiger partial charge < -0.3 is 82.4 Å². The molecule has 0 amide bonds. The predicted octanol–water partition coefficient (Wildman–Crippen LogP) is -3.76. The average Bonchev–Trinajstić information content (AvgIpc) is 2.95. The van der Waals surface area contributed by atoms with Crippen molar-refractivity contribution in [3.05, 3.63) is 36.4 Å². The van der Waals surface area contributed by atoms with Crippen LogP contribution in [0.4, 0.5) is 0 Å². The second-order valence-corrected chi connectivity index (χ2v) is 10.2. The van der Waals surface area contributed by atoms with Crippen LogP contribution >= 0.6 is 0 Å². The number of phenols is 4. The normalized spacial score (nSPS) is 32.7. The highest BCUT2D eigenvalue weighted by atomic mass is 35.5. The van der Waals surface area contributed by atoms with Gasteiger partial charge in [0.05, 0.1) is 24.3 Å². The fourth-order valence-corrected chi connectivity index (χ4v) is 4.76. The number of hydrogen-bond donors (Lipinski definition) is 10. The Bertz CT molecular complexity index is 1440. The zero-order valence-corrected chi connectivity index (χ0v) is 23.1. The summed E-state index contributed by atoms with van der Waals surface area (Å²) in [6, 6.07) is 7.22. The van der Waals surface area contributed by atoms with Crippen LogP contribution in [-0.4, -0.2) is 119 Å². The van der Waals surface area contributed by atoms with Crippen molar-refractivity contribution >= 4 is 11.0 Å². The third kappa shape index (κ3) is 6.37. The Morgan fingerprint density at radius 3 is 2.09 bits per heavy atom. The summed E-state index contributed by atoms with van der Waals surface area (Å²) in [7, 11) is 0.